The van der Waals surface area contributed by atoms with Crippen LogP contribution in [0.3, 0.4) is 0 Å². The van der Waals surface area contributed by atoms with Gasteiger partial charge in [0.1, 0.15) is 12.3 Å². The maximum Gasteiger partial charge on any atom is 0.243 e. The summed E-state index contributed by atoms with van der Waals surface area (Å²) in [6.45, 7) is 10.8. The zero-order chi connectivity index (χ0) is 20.2. The van der Waals surface area contributed by atoms with Gasteiger partial charge >= 0.3 is 0 Å². The van der Waals surface area contributed by atoms with Crippen LogP contribution in [-0.4, -0.2) is 68.0 Å². The van der Waals surface area contributed by atoms with Crippen LogP contribution >= 0.6 is 24.0 Å². The van der Waals surface area contributed by atoms with Gasteiger partial charge in [-0.1, -0.05) is 26.0 Å². The summed E-state index contributed by atoms with van der Waals surface area (Å²) in [6, 6.07) is 8.09. The number of halogens is 1. The molecule has 1 heterocycles. The Hall–Kier alpha value is -1.51. The number of methoxy groups -OCH3 is 1. The summed E-state index contributed by atoms with van der Waals surface area (Å²) < 4.78 is 5.20. The topological polar surface area (TPSA) is 57.2 Å². The third-order valence-electron chi connectivity index (χ3n) is 5.86. The highest BCUT2D eigenvalue weighted by Crippen LogP contribution is 2.46. The Labute approximate surface area is 186 Å². The molecule has 7 heteroatoms. The van der Waals surface area contributed by atoms with Gasteiger partial charge in [-0.05, 0) is 38.0 Å². The zero-order valence-corrected chi connectivity index (χ0v) is 20.5. The SMILES string of the molecule is COc1ccc(CCNC(=NCC(=O)N(C)C)N2CC(C)(C)C2(C)C)cc1.I. The molecule has 1 saturated heterocycles. The quantitative estimate of drug-likeness (QED) is 0.369. The lowest BCUT2D eigenvalue weighted by Crippen LogP contribution is -2.72. The van der Waals surface area contributed by atoms with Crippen molar-refractivity contribution in [1.82, 2.24) is 15.1 Å². The Bertz CT molecular complexity index is 684. The monoisotopic (exact) mass is 502 g/mol. The van der Waals surface area contributed by atoms with Gasteiger partial charge in [0.15, 0.2) is 5.96 Å². The molecule has 1 aliphatic rings. The van der Waals surface area contributed by atoms with Crippen LogP contribution < -0.4 is 10.1 Å². The van der Waals surface area contributed by atoms with Crippen molar-refractivity contribution in [3.05, 3.63) is 29.8 Å². The molecule has 1 aliphatic heterocycles. The number of amides is 1. The second-order valence-electron chi connectivity index (χ2n) is 8.48. The lowest BCUT2D eigenvalue weighted by molar-refractivity contribution is -0.127. The summed E-state index contributed by atoms with van der Waals surface area (Å²) in [6.07, 6.45) is 0.877. The normalized spacial score (nSPS) is 17.2. The molecule has 1 N–H and O–H groups in total. The number of hydrogen-bond donors (Lipinski definition) is 1. The van der Waals surface area contributed by atoms with Crippen molar-refractivity contribution >= 4 is 35.8 Å². The number of carbonyl (C=O) groups excluding carboxylic acids is 1. The number of benzene rings is 1. The fourth-order valence-electron chi connectivity index (χ4n) is 3.03. The minimum absolute atomic E-state index is 0. The number of nitrogens with zero attached hydrogens (tertiary/aromatic N) is 3. The van der Waals surface area contributed by atoms with Gasteiger partial charge in [-0.3, -0.25) is 4.79 Å². The number of guanidine groups is 1. The van der Waals surface area contributed by atoms with E-state index in [1.54, 1.807) is 26.1 Å². The van der Waals surface area contributed by atoms with E-state index in [-0.39, 0.29) is 47.4 Å². The Balaban J connectivity index is 0.00000392. The average Bonchev–Trinajstić information content (AvgIpc) is 2.63. The molecule has 0 radical (unpaired) electrons. The van der Waals surface area contributed by atoms with Crippen molar-refractivity contribution in [3.63, 3.8) is 0 Å². The maximum absolute atomic E-state index is 12.0. The molecule has 1 aromatic rings. The molecule has 0 aliphatic carbocycles. The van der Waals surface area contributed by atoms with E-state index in [1.807, 2.05) is 12.1 Å². The third-order valence-corrected chi connectivity index (χ3v) is 5.86. The predicted molar refractivity (Wildman–Crippen MR) is 126 cm³/mol. The number of likely N-dealkylation sites (N-methyl/N-ethyl adjacent to an activating group) is 1. The first-order chi connectivity index (χ1) is 12.6. The molecule has 2 rings (SSSR count). The molecule has 0 aromatic heterocycles. The minimum atomic E-state index is -0.0138. The molecule has 0 spiro atoms. The lowest BCUT2D eigenvalue weighted by atomic mass is 9.65. The fourth-order valence-corrected chi connectivity index (χ4v) is 3.03. The van der Waals surface area contributed by atoms with E-state index in [0.717, 1.165) is 31.2 Å². The number of hydrogen-bond acceptors (Lipinski definition) is 3. The molecule has 6 nitrogen and oxygen atoms in total. The highest BCUT2D eigenvalue weighted by Gasteiger charge is 2.53. The van der Waals surface area contributed by atoms with Crippen LogP contribution in [0.1, 0.15) is 33.3 Å². The van der Waals surface area contributed by atoms with Gasteiger partial charge < -0.3 is 19.9 Å². The molecule has 1 aromatic carbocycles. The van der Waals surface area contributed by atoms with E-state index in [1.165, 1.54) is 5.56 Å². The molecule has 0 atom stereocenters. The fraction of sp³-hybridized carbons (Fsp3) is 0.619. The van der Waals surface area contributed by atoms with E-state index in [9.17, 15) is 4.79 Å². The summed E-state index contributed by atoms with van der Waals surface area (Å²) >= 11 is 0. The standard InChI is InChI=1S/C21H34N4O2.HI/c1-20(2)15-25(21(20,3)4)19(23-14-18(26)24(5)6)22-13-12-16-8-10-17(27-7)11-9-16;/h8-11H,12-15H2,1-7H3,(H,22,23);1H. The summed E-state index contributed by atoms with van der Waals surface area (Å²) in [5, 5.41) is 3.46. The third kappa shape index (κ3) is 5.52. The first kappa shape index (κ1) is 24.5. The molecule has 0 bridgehead atoms. The Morgan fingerprint density at radius 3 is 2.29 bits per heavy atom. The van der Waals surface area contributed by atoms with Gasteiger partial charge in [-0.15, -0.1) is 24.0 Å². The van der Waals surface area contributed by atoms with E-state index < -0.39 is 0 Å². The second-order valence-corrected chi connectivity index (χ2v) is 8.48. The minimum Gasteiger partial charge on any atom is -0.497 e. The number of aliphatic imine (C=N–C) groups is 1. The summed E-state index contributed by atoms with van der Waals surface area (Å²) in [7, 11) is 5.18. The van der Waals surface area contributed by atoms with Crippen LogP contribution in [0, 0.1) is 5.41 Å². The summed E-state index contributed by atoms with van der Waals surface area (Å²) in [5.41, 5.74) is 1.42. The van der Waals surface area contributed by atoms with Gasteiger partial charge in [0.25, 0.3) is 0 Å². The van der Waals surface area contributed by atoms with Crippen molar-refractivity contribution in [2.45, 2.75) is 39.7 Å². The smallest absolute Gasteiger partial charge is 0.243 e. The first-order valence-corrected chi connectivity index (χ1v) is 9.47. The lowest BCUT2D eigenvalue weighted by Gasteiger charge is -2.62. The second kappa shape index (κ2) is 9.80. The average molecular weight is 502 g/mol. The predicted octanol–water partition coefficient (Wildman–Crippen LogP) is 3.01. The zero-order valence-electron chi connectivity index (χ0n) is 18.2. The molecule has 158 valence electrons. The van der Waals surface area contributed by atoms with E-state index >= 15 is 0 Å². The first-order valence-electron chi connectivity index (χ1n) is 9.47. The van der Waals surface area contributed by atoms with Crippen LogP contribution in [0.4, 0.5) is 0 Å². The van der Waals surface area contributed by atoms with Gasteiger partial charge in [0.2, 0.25) is 5.91 Å². The van der Waals surface area contributed by atoms with Gasteiger partial charge in [0, 0.05) is 38.1 Å². The molecular weight excluding hydrogens is 467 g/mol. The molecule has 0 unspecified atom stereocenters. The number of ether oxygens (including phenoxy) is 1. The van der Waals surface area contributed by atoms with Crippen molar-refractivity contribution in [3.8, 4) is 5.75 Å². The Morgan fingerprint density at radius 1 is 1.21 bits per heavy atom. The summed E-state index contributed by atoms with van der Waals surface area (Å²) in [4.78, 5) is 20.4. The van der Waals surface area contributed by atoms with Crippen LogP contribution in [0.15, 0.2) is 29.3 Å². The largest absolute Gasteiger partial charge is 0.497 e. The van der Waals surface area contributed by atoms with Crippen LogP contribution in [0.5, 0.6) is 5.75 Å². The summed E-state index contributed by atoms with van der Waals surface area (Å²) in [5.74, 6) is 1.67. The number of carbonyl (C=O) groups is 1. The molecular formula is C21H35IN4O2. The Kier molecular flexibility index (Phi) is 8.59. The van der Waals surface area contributed by atoms with E-state index in [2.05, 4.69) is 55.0 Å². The highest BCUT2D eigenvalue weighted by atomic mass is 127. The van der Waals surface area contributed by atoms with E-state index in [0.29, 0.717) is 0 Å². The van der Waals surface area contributed by atoms with Crippen molar-refractivity contribution < 1.29 is 9.53 Å². The van der Waals surface area contributed by atoms with Gasteiger partial charge in [-0.25, -0.2) is 4.99 Å². The van der Waals surface area contributed by atoms with Crippen LogP contribution in [0.2, 0.25) is 0 Å². The van der Waals surface area contributed by atoms with Crippen molar-refractivity contribution in [2.24, 2.45) is 10.4 Å². The highest BCUT2D eigenvalue weighted by molar-refractivity contribution is 14.0. The number of likely N-dealkylation sites (tertiary alicyclic amines) is 1. The molecule has 0 saturated carbocycles. The van der Waals surface area contributed by atoms with Gasteiger partial charge in [0.05, 0.1) is 7.11 Å². The molecule has 28 heavy (non-hydrogen) atoms. The molecule has 1 amide bonds. The van der Waals surface area contributed by atoms with Crippen LogP contribution in [-0.2, 0) is 11.2 Å². The molecule has 1 fully saturated rings. The van der Waals surface area contributed by atoms with Crippen LogP contribution in [0.25, 0.3) is 0 Å². The van der Waals surface area contributed by atoms with E-state index in [4.69, 9.17) is 4.74 Å². The van der Waals surface area contributed by atoms with Gasteiger partial charge in [-0.2, -0.15) is 0 Å². The number of rotatable bonds is 6. The number of nitrogens with one attached hydrogen (secondary N) is 1. The maximum atomic E-state index is 12.0. The Morgan fingerprint density at radius 2 is 1.82 bits per heavy atom. The van der Waals surface area contributed by atoms with Crippen molar-refractivity contribution in [2.75, 3.05) is 40.8 Å². The van der Waals surface area contributed by atoms with Crippen molar-refractivity contribution in [1.29, 1.82) is 0 Å².